The number of rotatable bonds is 5. The second-order valence-electron chi connectivity index (χ2n) is 5.70. The third-order valence-corrected chi connectivity index (χ3v) is 3.70. The Bertz CT molecular complexity index is 739. The van der Waals surface area contributed by atoms with Crippen molar-refractivity contribution in [1.29, 1.82) is 0 Å². The first-order valence-electron chi connectivity index (χ1n) is 7.31. The lowest BCUT2D eigenvalue weighted by molar-refractivity contribution is 0.502. The lowest BCUT2D eigenvalue weighted by Crippen LogP contribution is -2.26. The van der Waals surface area contributed by atoms with Crippen LogP contribution in [0.3, 0.4) is 0 Å². The second-order valence-corrected chi connectivity index (χ2v) is 6.09. The largest absolute Gasteiger partial charge is 0.312 e. The van der Waals surface area contributed by atoms with E-state index in [1.54, 1.807) is 0 Å². The first-order valence-corrected chi connectivity index (χ1v) is 7.72. The number of nitrogens with one attached hydrogen (secondary N) is 1. The van der Waals surface area contributed by atoms with Gasteiger partial charge in [0.05, 0.1) is 5.56 Å². The van der Waals surface area contributed by atoms with E-state index in [2.05, 4.69) is 31.0 Å². The number of pyridine rings is 1. The van der Waals surface area contributed by atoms with Gasteiger partial charge < -0.3 is 9.13 Å². The Morgan fingerprint density at radius 1 is 1.33 bits per heavy atom. The zero-order valence-electron chi connectivity index (χ0n) is 13.0. The SMILES string of the molecule is CCCn1c(-c2ccc(C)n(CC(C)C)c2=O)n[nH]c1=S. The van der Waals surface area contributed by atoms with Crippen LogP contribution in [-0.2, 0) is 13.1 Å². The molecule has 2 aromatic heterocycles. The van der Waals surface area contributed by atoms with Gasteiger partial charge in [0.15, 0.2) is 10.6 Å². The Balaban J connectivity index is 2.61. The van der Waals surface area contributed by atoms with Crippen molar-refractivity contribution < 1.29 is 0 Å². The van der Waals surface area contributed by atoms with Crippen LogP contribution in [0.4, 0.5) is 0 Å². The summed E-state index contributed by atoms with van der Waals surface area (Å²) in [6.45, 7) is 9.69. The van der Waals surface area contributed by atoms with Gasteiger partial charge in [0.2, 0.25) is 0 Å². The fraction of sp³-hybridized carbons (Fsp3) is 0.533. The van der Waals surface area contributed by atoms with Crippen LogP contribution in [0.25, 0.3) is 11.4 Å². The van der Waals surface area contributed by atoms with Crippen LogP contribution in [0.1, 0.15) is 32.9 Å². The van der Waals surface area contributed by atoms with E-state index >= 15 is 0 Å². The molecule has 2 rings (SSSR count). The molecule has 0 aliphatic heterocycles. The van der Waals surface area contributed by atoms with Crippen LogP contribution >= 0.6 is 12.2 Å². The number of aryl methyl sites for hydroxylation is 1. The van der Waals surface area contributed by atoms with E-state index in [0.717, 1.165) is 18.7 Å². The maximum Gasteiger partial charge on any atom is 0.261 e. The lowest BCUT2D eigenvalue weighted by atomic mass is 10.2. The van der Waals surface area contributed by atoms with Gasteiger partial charge >= 0.3 is 0 Å². The van der Waals surface area contributed by atoms with Crippen LogP contribution in [0.15, 0.2) is 16.9 Å². The molecule has 0 aliphatic rings. The van der Waals surface area contributed by atoms with Crippen molar-refractivity contribution >= 4 is 12.2 Å². The van der Waals surface area contributed by atoms with Gasteiger partial charge in [-0.05, 0) is 43.6 Å². The molecule has 1 N–H and O–H groups in total. The van der Waals surface area contributed by atoms with Gasteiger partial charge in [0.1, 0.15) is 0 Å². The highest BCUT2D eigenvalue weighted by Crippen LogP contribution is 2.15. The van der Waals surface area contributed by atoms with Crippen molar-refractivity contribution in [3.8, 4) is 11.4 Å². The third kappa shape index (κ3) is 3.15. The molecule has 21 heavy (non-hydrogen) atoms. The zero-order chi connectivity index (χ0) is 15.6. The van der Waals surface area contributed by atoms with Gasteiger partial charge in [-0.3, -0.25) is 9.89 Å². The summed E-state index contributed by atoms with van der Waals surface area (Å²) in [7, 11) is 0. The van der Waals surface area contributed by atoms with E-state index in [0.29, 0.717) is 28.6 Å². The summed E-state index contributed by atoms with van der Waals surface area (Å²) in [6.07, 6.45) is 0.937. The molecular weight excluding hydrogens is 284 g/mol. The maximum atomic E-state index is 12.8. The molecule has 0 bridgehead atoms. The van der Waals surface area contributed by atoms with Gasteiger partial charge in [0, 0.05) is 18.8 Å². The van der Waals surface area contributed by atoms with Crippen molar-refractivity contribution in [2.75, 3.05) is 0 Å². The Morgan fingerprint density at radius 3 is 2.67 bits per heavy atom. The number of nitrogens with zero attached hydrogens (tertiary/aromatic N) is 3. The molecule has 6 heteroatoms. The fourth-order valence-electron chi connectivity index (χ4n) is 2.39. The standard InChI is InChI=1S/C15H22N4OS/c1-5-8-18-13(16-17-15(18)21)12-7-6-11(4)19(14(12)20)9-10(2)3/h6-7,10H,5,8-9H2,1-4H3,(H,17,21). The number of aromatic amines is 1. The maximum absolute atomic E-state index is 12.8. The molecule has 0 amide bonds. The molecule has 0 spiro atoms. The van der Waals surface area contributed by atoms with Crippen LogP contribution in [-0.4, -0.2) is 19.3 Å². The number of H-pyrrole nitrogens is 1. The quantitative estimate of drug-likeness (QED) is 0.863. The van der Waals surface area contributed by atoms with Crippen molar-refractivity contribution in [2.45, 2.75) is 47.2 Å². The number of hydrogen-bond donors (Lipinski definition) is 1. The van der Waals surface area contributed by atoms with Crippen LogP contribution < -0.4 is 5.56 Å². The number of hydrogen-bond acceptors (Lipinski definition) is 3. The van der Waals surface area contributed by atoms with Crippen molar-refractivity contribution in [1.82, 2.24) is 19.3 Å². The van der Waals surface area contributed by atoms with Crippen molar-refractivity contribution in [3.05, 3.63) is 33.0 Å². The Labute approximate surface area is 129 Å². The van der Waals surface area contributed by atoms with E-state index in [-0.39, 0.29) is 5.56 Å². The summed E-state index contributed by atoms with van der Waals surface area (Å²) in [6, 6.07) is 3.80. The summed E-state index contributed by atoms with van der Waals surface area (Å²) in [5, 5.41) is 7.04. The Morgan fingerprint density at radius 2 is 2.05 bits per heavy atom. The summed E-state index contributed by atoms with van der Waals surface area (Å²) in [4.78, 5) is 12.8. The molecule has 114 valence electrons. The molecule has 0 radical (unpaired) electrons. The molecule has 0 atom stereocenters. The normalized spacial score (nSPS) is 11.3. The predicted octanol–water partition coefficient (Wildman–Crippen LogP) is 3.14. The average Bonchev–Trinajstić information content (AvgIpc) is 2.77. The highest BCUT2D eigenvalue weighted by atomic mass is 32.1. The minimum absolute atomic E-state index is 0.00458. The molecule has 0 saturated carbocycles. The molecular formula is C15H22N4OS. The topological polar surface area (TPSA) is 55.6 Å². The molecule has 2 heterocycles. The Kier molecular flexibility index (Phi) is 4.77. The smallest absolute Gasteiger partial charge is 0.261 e. The van der Waals surface area contributed by atoms with E-state index in [1.807, 2.05) is 28.2 Å². The van der Waals surface area contributed by atoms with Gasteiger partial charge in [-0.1, -0.05) is 20.8 Å². The summed E-state index contributed by atoms with van der Waals surface area (Å²) in [5.74, 6) is 1.04. The van der Waals surface area contributed by atoms with Crippen molar-refractivity contribution in [3.63, 3.8) is 0 Å². The molecule has 0 fully saturated rings. The lowest BCUT2D eigenvalue weighted by Gasteiger charge is -2.14. The van der Waals surface area contributed by atoms with E-state index < -0.39 is 0 Å². The summed E-state index contributed by atoms with van der Waals surface area (Å²) >= 11 is 5.25. The Hall–Kier alpha value is -1.69. The number of aromatic nitrogens is 4. The van der Waals surface area contributed by atoms with Crippen molar-refractivity contribution in [2.24, 2.45) is 5.92 Å². The van der Waals surface area contributed by atoms with E-state index in [4.69, 9.17) is 12.2 Å². The molecule has 0 unspecified atom stereocenters. The molecule has 0 aromatic carbocycles. The van der Waals surface area contributed by atoms with E-state index in [1.165, 1.54) is 0 Å². The average molecular weight is 306 g/mol. The minimum atomic E-state index is -0.00458. The second kappa shape index (κ2) is 6.39. The first-order chi connectivity index (χ1) is 9.95. The summed E-state index contributed by atoms with van der Waals surface area (Å²) < 4.78 is 4.26. The van der Waals surface area contributed by atoms with Crippen LogP contribution in [0, 0.1) is 17.6 Å². The highest BCUT2D eigenvalue weighted by Gasteiger charge is 2.15. The summed E-state index contributed by atoms with van der Waals surface area (Å²) in [5.41, 5.74) is 1.56. The van der Waals surface area contributed by atoms with Gasteiger partial charge in [0.25, 0.3) is 5.56 Å². The molecule has 2 aromatic rings. The third-order valence-electron chi connectivity index (χ3n) is 3.39. The fourth-order valence-corrected chi connectivity index (χ4v) is 2.61. The predicted molar refractivity (Wildman–Crippen MR) is 87.0 cm³/mol. The molecule has 0 saturated heterocycles. The minimum Gasteiger partial charge on any atom is -0.312 e. The monoisotopic (exact) mass is 306 g/mol. The van der Waals surface area contributed by atoms with Gasteiger partial charge in [-0.2, -0.15) is 5.10 Å². The highest BCUT2D eigenvalue weighted by molar-refractivity contribution is 7.71. The van der Waals surface area contributed by atoms with Gasteiger partial charge in [-0.15, -0.1) is 0 Å². The first kappa shape index (κ1) is 15.7. The van der Waals surface area contributed by atoms with E-state index in [9.17, 15) is 4.79 Å². The molecule has 5 nitrogen and oxygen atoms in total. The van der Waals surface area contributed by atoms with Crippen LogP contribution in [0.5, 0.6) is 0 Å². The van der Waals surface area contributed by atoms with Crippen LogP contribution in [0.2, 0.25) is 0 Å². The van der Waals surface area contributed by atoms with Gasteiger partial charge in [-0.25, -0.2) is 0 Å². The zero-order valence-corrected chi connectivity index (χ0v) is 13.8. The molecule has 0 aliphatic carbocycles.